The molecule has 1 nitrogen and oxygen atoms in total. The van der Waals surface area contributed by atoms with Crippen LogP contribution in [0, 0.1) is 0 Å². The highest BCUT2D eigenvalue weighted by Crippen LogP contribution is 2.33. The molecule has 0 radical (unpaired) electrons. The van der Waals surface area contributed by atoms with E-state index in [-0.39, 0.29) is 6.04 Å². The molecule has 0 bridgehead atoms. The minimum Gasteiger partial charge on any atom is -0.324 e. The minimum atomic E-state index is 0.170. The fourth-order valence-electron chi connectivity index (χ4n) is 1.62. The van der Waals surface area contributed by atoms with E-state index in [1.165, 1.54) is 11.1 Å². The summed E-state index contributed by atoms with van der Waals surface area (Å²) in [7, 11) is 0. The second-order valence-electron chi connectivity index (χ2n) is 3.26. The van der Waals surface area contributed by atoms with Crippen molar-refractivity contribution in [2.75, 3.05) is 5.75 Å². The zero-order chi connectivity index (χ0) is 9.26. The zero-order valence-corrected chi connectivity index (χ0v) is 8.87. The Kier molecular flexibility index (Phi) is 2.82. The normalized spacial score (nSPS) is 22.2. The molecule has 0 aromatic heterocycles. The highest BCUT2D eigenvalue weighted by atomic mass is 35.5. The molecule has 2 rings (SSSR count). The van der Waals surface area contributed by atoms with Crippen LogP contribution in [0.3, 0.4) is 0 Å². The monoisotopic (exact) mass is 213 g/mol. The van der Waals surface area contributed by atoms with Crippen LogP contribution in [0.15, 0.2) is 18.2 Å². The van der Waals surface area contributed by atoms with Gasteiger partial charge in [-0.2, -0.15) is 11.8 Å². The molecule has 0 unspecified atom stereocenters. The van der Waals surface area contributed by atoms with Crippen molar-refractivity contribution in [1.29, 1.82) is 0 Å². The largest absolute Gasteiger partial charge is 0.324 e. The Balaban J connectivity index is 2.47. The van der Waals surface area contributed by atoms with Gasteiger partial charge < -0.3 is 5.73 Å². The molecule has 3 heteroatoms. The Hall–Kier alpha value is -0.180. The van der Waals surface area contributed by atoms with E-state index >= 15 is 0 Å². The van der Waals surface area contributed by atoms with Gasteiger partial charge in [0, 0.05) is 16.8 Å². The molecule has 0 aliphatic carbocycles. The summed E-state index contributed by atoms with van der Waals surface area (Å²) < 4.78 is 0. The van der Waals surface area contributed by atoms with Crippen molar-refractivity contribution in [3.05, 3.63) is 34.3 Å². The molecular weight excluding hydrogens is 202 g/mol. The van der Waals surface area contributed by atoms with Gasteiger partial charge in [0.05, 0.1) is 0 Å². The molecule has 0 spiro atoms. The van der Waals surface area contributed by atoms with Crippen LogP contribution in [-0.2, 0) is 5.75 Å². The molecule has 1 aliphatic heterocycles. The fourth-order valence-corrected chi connectivity index (χ4v) is 3.03. The van der Waals surface area contributed by atoms with Crippen LogP contribution < -0.4 is 5.73 Å². The summed E-state index contributed by atoms with van der Waals surface area (Å²) in [6.45, 7) is 0. The third-order valence-electron chi connectivity index (χ3n) is 2.37. The molecular formula is C10H12ClNS. The Labute approximate surface area is 87.7 Å². The van der Waals surface area contributed by atoms with E-state index in [0.717, 1.165) is 22.9 Å². The van der Waals surface area contributed by atoms with E-state index in [0.29, 0.717) is 0 Å². The van der Waals surface area contributed by atoms with Gasteiger partial charge in [0.25, 0.3) is 0 Å². The lowest BCUT2D eigenvalue weighted by Crippen LogP contribution is -2.11. The van der Waals surface area contributed by atoms with Gasteiger partial charge in [-0.15, -0.1) is 0 Å². The van der Waals surface area contributed by atoms with Crippen LogP contribution in [-0.4, -0.2) is 5.75 Å². The summed E-state index contributed by atoms with van der Waals surface area (Å²) in [6, 6.07) is 6.19. The Morgan fingerprint density at radius 3 is 3.15 bits per heavy atom. The molecule has 1 aromatic rings. The predicted molar refractivity (Wildman–Crippen MR) is 59.2 cm³/mol. The Morgan fingerprint density at radius 1 is 1.46 bits per heavy atom. The third-order valence-corrected chi connectivity index (χ3v) is 3.75. The lowest BCUT2D eigenvalue weighted by atomic mass is 10.0. The molecule has 2 N–H and O–H groups in total. The topological polar surface area (TPSA) is 26.0 Å². The van der Waals surface area contributed by atoms with Crippen molar-refractivity contribution in [2.24, 2.45) is 5.73 Å². The van der Waals surface area contributed by atoms with Gasteiger partial charge in [-0.25, -0.2) is 0 Å². The quantitative estimate of drug-likeness (QED) is 0.717. The molecule has 1 aromatic carbocycles. The molecule has 13 heavy (non-hydrogen) atoms. The van der Waals surface area contributed by atoms with Gasteiger partial charge in [0.1, 0.15) is 0 Å². The number of hydrogen-bond donors (Lipinski definition) is 1. The van der Waals surface area contributed by atoms with Crippen LogP contribution in [0.2, 0.25) is 5.02 Å². The molecule has 0 saturated carbocycles. The van der Waals surface area contributed by atoms with Crippen LogP contribution in [0.5, 0.6) is 0 Å². The second-order valence-corrected chi connectivity index (χ2v) is 4.77. The summed E-state index contributed by atoms with van der Waals surface area (Å²) >= 11 is 8.02. The average molecular weight is 214 g/mol. The van der Waals surface area contributed by atoms with Gasteiger partial charge in [-0.3, -0.25) is 0 Å². The average Bonchev–Trinajstić information content (AvgIpc) is 2.30. The summed E-state index contributed by atoms with van der Waals surface area (Å²) in [6.07, 6.45) is 1.05. The molecule has 0 amide bonds. The van der Waals surface area contributed by atoms with E-state index in [9.17, 15) is 0 Å². The summed E-state index contributed by atoms with van der Waals surface area (Å²) in [5.41, 5.74) is 8.51. The highest BCUT2D eigenvalue weighted by molar-refractivity contribution is 7.98. The Bertz CT molecular complexity index is 314. The smallest absolute Gasteiger partial charge is 0.0449 e. The van der Waals surface area contributed by atoms with Crippen LogP contribution in [0.1, 0.15) is 23.6 Å². The maximum atomic E-state index is 6.11. The third kappa shape index (κ3) is 1.85. The van der Waals surface area contributed by atoms with E-state index in [4.69, 9.17) is 17.3 Å². The van der Waals surface area contributed by atoms with Crippen molar-refractivity contribution in [2.45, 2.75) is 18.2 Å². The number of halogens is 1. The van der Waals surface area contributed by atoms with Gasteiger partial charge in [-0.1, -0.05) is 23.7 Å². The van der Waals surface area contributed by atoms with Crippen molar-refractivity contribution >= 4 is 23.4 Å². The molecule has 0 fully saturated rings. The first-order chi connectivity index (χ1) is 6.29. The first kappa shape index (κ1) is 9.38. The first-order valence-electron chi connectivity index (χ1n) is 4.39. The molecule has 1 aliphatic rings. The van der Waals surface area contributed by atoms with Crippen molar-refractivity contribution in [3.8, 4) is 0 Å². The van der Waals surface area contributed by atoms with Crippen molar-refractivity contribution < 1.29 is 0 Å². The van der Waals surface area contributed by atoms with Crippen molar-refractivity contribution in [3.63, 3.8) is 0 Å². The van der Waals surface area contributed by atoms with Gasteiger partial charge >= 0.3 is 0 Å². The van der Waals surface area contributed by atoms with Crippen molar-refractivity contribution in [1.82, 2.24) is 0 Å². The highest BCUT2D eigenvalue weighted by Gasteiger charge is 2.16. The summed E-state index contributed by atoms with van der Waals surface area (Å²) in [5, 5.41) is 0.863. The zero-order valence-electron chi connectivity index (χ0n) is 7.29. The number of hydrogen-bond acceptors (Lipinski definition) is 2. The van der Waals surface area contributed by atoms with E-state index in [2.05, 4.69) is 6.07 Å². The first-order valence-corrected chi connectivity index (χ1v) is 5.93. The summed E-state index contributed by atoms with van der Waals surface area (Å²) in [4.78, 5) is 0. The SMILES string of the molecule is N[C@@H]1CCSCc2c(Cl)cccc21. The molecule has 70 valence electrons. The molecule has 0 saturated heterocycles. The summed E-state index contributed by atoms with van der Waals surface area (Å²) in [5.74, 6) is 2.13. The number of thioether (sulfide) groups is 1. The van der Waals surface area contributed by atoms with Gasteiger partial charge in [0.15, 0.2) is 0 Å². The number of fused-ring (bicyclic) bond motifs is 1. The maximum absolute atomic E-state index is 6.11. The number of benzene rings is 1. The van der Waals surface area contributed by atoms with E-state index < -0.39 is 0 Å². The standard InChI is InChI=1S/C10H12ClNS/c11-9-3-1-2-7-8(9)6-13-5-4-10(7)12/h1-3,10H,4-6,12H2/t10-/m1/s1. The van der Waals surface area contributed by atoms with Crippen LogP contribution >= 0.6 is 23.4 Å². The molecule has 1 heterocycles. The van der Waals surface area contributed by atoms with Crippen LogP contribution in [0.25, 0.3) is 0 Å². The number of nitrogens with two attached hydrogens (primary N) is 1. The van der Waals surface area contributed by atoms with Gasteiger partial charge in [-0.05, 0) is 29.4 Å². The maximum Gasteiger partial charge on any atom is 0.0449 e. The lowest BCUT2D eigenvalue weighted by Gasteiger charge is -2.12. The minimum absolute atomic E-state index is 0.170. The predicted octanol–water partition coefficient (Wildman–Crippen LogP) is 2.98. The Morgan fingerprint density at radius 2 is 2.31 bits per heavy atom. The van der Waals surface area contributed by atoms with E-state index in [1.54, 1.807) is 0 Å². The number of rotatable bonds is 0. The van der Waals surface area contributed by atoms with E-state index in [1.807, 2.05) is 23.9 Å². The second kappa shape index (κ2) is 3.91. The van der Waals surface area contributed by atoms with Gasteiger partial charge in [0.2, 0.25) is 0 Å². The lowest BCUT2D eigenvalue weighted by molar-refractivity contribution is 0.705. The fraction of sp³-hybridized carbons (Fsp3) is 0.400. The van der Waals surface area contributed by atoms with Crippen LogP contribution in [0.4, 0.5) is 0 Å². The molecule has 1 atom stereocenters.